The molecule has 94 valence electrons. The van der Waals surface area contributed by atoms with Crippen molar-refractivity contribution in [2.45, 2.75) is 19.4 Å². The lowest BCUT2D eigenvalue weighted by molar-refractivity contribution is 0.484. The number of benzene rings is 1. The maximum absolute atomic E-state index is 5.28. The van der Waals surface area contributed by atoms with Crippen LogP contribution in [-0.2, 0) is 19.4 Å². The highest BCUT2D eigenvalue weighted by Crippen LogP contribution is 2.22. The number of hydrogen-bond acceptors (Lipinski definition) is 3. The highest BCUT2D eigenvalue weighted by Gasteiger charge is 2.09. The monoisotopic (exact) mass is 242 g/mol. The summed E-state index contributed by atoms with van der Waals surface area (Å²) in [5.41, 5.74) is 4.17. The zero-order valence-electron chi connectivity index (χ0n) is 10.4. The van der Waals surface area contributed by atoms with Crippen LogP contribution in [0.5, 0.6) is 0 Å². The van der Waals surface area contributed by atoms with Crippen molar-refractivity contribution >= 4 is 5.69 Å². The average molecular weight is 242 g/mol. The molecule has 2 N–H and O–H groups in total. The Hall–Kier alpha value is -1.74. The Labute approximate surface area is 107 Å². The second kappa shape index (κ2) is 5.27. The van der Waals surface area contributed by atoms with Crippen LogP contribution < -0.4 is 10.6 Å². The Morgan fingerprint density at radius 1 is 1.28 bits per heavy atom. The first-order valence-electron chi connectivity index (χ1n) is 6.50. The molecule has 0 aliphatic carbocycles. The van der Waals surface area contributed by atoms with Gasteiger partial charge in [-0.1, -0.05) is 12.1 Å². The first kappa shape index (κ1) is 11.4. The van der Waals surface area contributed by atoms with Crippen molar-refractivity contribution in [1.82, 2.24) is 5.32 Å². The summed E-state index contributed by atoms with van der Waals surface area (Å²) in [7, 11) is 0. The van der Waals surface area contributed by atoms with E-state index in [1.165, 1.54) is 16.8 Å². The summed E-state index contributed by atoms with van der Waals surface area (Å²) in [5.74, 6) is 0.994. The van der Waals surface area contributed by atoms with Gasteiger partial charge in [0, 0.05) is 12.2 Å². The summed E-state index contributed by atoms with van der Waals surface area (Å²) in [5, 5.41) is 6.78. The Morgan fingerprint density at radius 3 is 3.17 bits per heavy atom. The van der Waals surface area contributed by atoms with E-state index >= 15 is 0 Å². The fourth-order valence-corrected chi connectivity index (χ4v) is 2.37. The van der Waals surface area contributed by atoms with Crippen LogP contribution in [0.4, 0.5) is 5.69 Å². The van der Waals surface area contributed by atoms with E-state index in [4.69, 9.17) is 4.42 Å². The minimum atomic E-state index is 0.805. The molecule has 0 radical (unpaired) electrons. The summed E-state index contributed by atoms with van der Waals surface area (Å²) in [6, 6.07) is 10.7. The highest BCUT2D eigenvalue weighted by atomic mass is 16.3. The molecule has 1 aliphatic heterocycles. The minimum Gasteiger partial charge on any atom is -0.468 e. The molecule has 0 saturated carbocycles. The fraction of sp³-hybridized carbons (Fsp3) is 0.333. The number of furan rings is 1. The molecule has 1 aliphatic rings. The van der Waals surface area contributed by atoms with Gasteiger partial charge in [0.2, 0.25) is 0 Å². The van der Waals surface area contributed by atoms with Crippen LogP contribution in [0.2, 0.25) is 0 Å². The molecule has 2 aromatic rings. The quantitative estimate of drug-likeness (QED) is 0.791. The van der Waals surface area contributed by atoms with E-state index in [1.54, 1.807) is 6.26 Å². The first-order chi connectivity index (χ1) is 8.92. The van der Waals surface area contributed by atoms with E-state index in [-0.39, 0.29) is 0 Å². The van der Waals surface area contributed by atoms with Gasteiger partial charge in [-0.2, -0.15) is 0 Å². The summed E-state index contributed by atoms with van der Waals surface area (Å²) < 4.78 is 5.28. The van der Waals surface area contributed by atoms with Crippen LogP contribution >= 0.6 is 0 Å². The lowest BCUT2D eigenvalue weighted by Gasteiger charge is -2.06. The standard InChI is InChI=1S/C15H18N2O/c1-2-14(18-9-1)11-16-7-5-12-3-4-15-13(10-12)6-8-17-15/h1-4,9-10,16-17H,5-8,11H2. The van der Waals surface area contributed by atoms with Crippen molar-refractivity contribution in [3.63, 3.8) is 0 Å². The predicted molar refractivity (Wildman–Crippen MR) is 72.8 cm³/mol. The molecule has 3 rings (SSSR count). The third-order valence-corrected chi connectivity index (χ3v) is 3.35. The zero-order valence-corrected chi connectivity index (χ0v) is 10.4. The predicted octanol–water partition coefficient (Wildman–Crippen LogP) is 2.58. The van der Waals surface area contributed by atoms with Crippen molar-refractivity contribution in [2.24, 2.45) is 0 Å². The number of rotatable bonds is 5. The summed E-state index contributed by atoms with van der Waals surface area (Å²) in [6.07, 6.45) is 3.93. The van der Waals surface area contributed by atoms with Crippen molar-refractivity contribution in [1.29, 1.82) is 0 Å². The molecule has 0 unspecified atom stereocenters. The molecule has 3 heteroatoms. The Bertz CT molecular complexity index is 505. The summed E-state index contributed by atoms with van der Waals surface area (Å²) in [4.78, 5) is 0. The van der Waals surface area contributed by atoms with Crippen molar-refractivity contribution in [3.05, 3.63) is 53.5 Å². The topological polar surface area (TPSA) is 37.2 Å². The van der Waals surface area contributed by atoms with Gasteiger partial charge in [0.15, 0.2) is 0 Å². The number of fused-ring (bicyclic) bond motifs is 1. The van der Waals surface area contributed by atoms with Gasteiger partial charge in [-0.15, -0.1) is 0 Å². The molecular weight excluding hydrogens is 224 g/mol. The van der Waals surface area contributed by atoms with Crippen LogP contribution in [0.25, 0.3) is 0 Å². The molecule has 0 amide bonds. The van der Waals surface area contributed by atoms with Gasteiger partial charge < -0.3 is 15.1 Å². The van der Waals surface area contributed by atoms with Gasteiger partial charge in [-0.05, 0) is 48.7 Å². The van der Waals surface area contributed by atoms with Gasteiger partial charge in [-0.25, -0.2) is 0 Å². The summed E-state index contributed by atoms with van der Waals surface area (Å²) >= 11 is 0. The van der Waals surface area contributed by atoms with E-state index in [0.717, 1.165) is 38.2 Å². The number of hydrogen-bond donors (Lipinski definition) is 2. The van der Waals surface area contributed by atoms with Gasteiger partial charge in [0.1, 0.15) is 5.76 Å². The molecule has 1 aromatic carbocycles. The highest BCUT2D eigenvalue weighted by molar-refractivity contribution is 5.56. The molecule has 0 bridgehead atoms. The van der Waals surface area contributed by atoms with Crippen LogP contribution in [-0.4, -0.2) is 13.1 Å². The third-order valence-electron chi connectivity index (χ3n) is 3.35. The fourth-order valence-electron chi connectivity index (χ4n) is 2.37. The van der Waals surface area contributed by atoms with E-state index in [2.05, 4.69) is 28.8 Å². The molecule has 1 aromatic heterocycles. The normalized spacial score (nSPS) is 13.3. The van der Waals surface area contributed by atoms with Gasteiger partial charge in [-0.3, -0.25) is 0 Å². The minimum absolute atomic E-state index is 0.805. The van der Waals surface area contributed by atoms with Crippen LogP contribution in [0.15, 0.2) is 41.0 Å². The van der Waals surface area contributed by atoms with Crippen LogP contribution in [0, 0.1) is 0 Å². The van der Waals surface area contributed by atoms with Gasteiger partial charge >= 0.3 is 0 Å². The molecule has 18 heavy (non-hydrogen) atoms. The Morgan fingerprint density at radius 2 is 2.28 bits per heavy atom. The van der Waals surface area contributed by atoms with E-state index in [9.17, 15) is 0 Å². The number of nitrogens with one attached hydrogen (secondary N) is 2. The molecule has 0 atom stereocenters. The van der Waals surface area contributed by atoms with Crippen molar-refractivity contribution in [2.75, 3.05) is 18.4 Å². The largest absolute Gasteiger partial charge is 0.468 e. The molecule has 2 heterocycles. The van der Waals surface area contributed by atoms with E-state index in [1.807, 2.05) is 12.1 Å². The van der Waals surface area contributed by atoms with Gasteiger partial charge in [0.25, 0.3) is 0 Å². The van der Waals surface area contributed by atoms with E-state index in [0.29, 0.717) is 0 Å². The van der Waals surface area contributed by atoms with Crippen molar-refractivity contribution < 1.29 is 4.42 Å². The maximum Gasteiger partial charge on any atom is 0.117 e. The second-order valence-electron chi connectivity index (χ2n) is 4.67. The number of anilines is 1. The second-order valence-corrected chi connectivity index (χ2v) is 4.67. The van der Waals surface area contributed by atoms with Crippen LogP contribution in [0.3, 0.4) is 0 Å². The molecular formula is C15H18N2O. The van der Waals surface area contributed by atoms with E-state index < -0.39 is 0 Å². The maximum atomic E-state index is 5.28. The molecule has 0 saturated heterocycles. The third kappa shape index (κ3) is 2.57. The Balaban J connectivity index is 1.48. The molecule has 0 fully saturated rings. The lowest BCUT2D eigenvalue weighted by atomic mass is 10.1. The average Bonchev–Trinajstić information content (AvgIpc) is 3.05. The molecule has 0 spiro atoms. The Kier molecular flexibility index (Phi) is 3.33. The van der Waals surface area contributed by atoms with Crippen molar-refractivity contribution in [3.8, 4) is 0 Å². The SMILES string of the molecule is c1coc(CNCCc2ccc3c(c2)CCN3)c1. The van der Waals surface area contributed by atoms with Crippen LogP contribution in [0.1, 0.15) is 16.9 Å². The lowest BCUT2D eigenvalue weighted by Crippen LogP contribution is -2.16. The smallest absolute Gasteiger partial charge is 0.117 e. The summed E-state index contributed by atoms with van der Waals surface area (Å²) in [6.45, 7) is 2.86. The first-order valence-corrected chi connectivity index (χ1v) is 6.50. The van der Waals surface area contributed by atoms with Gasteiger partial charge in [0.05, 0.1) is 12.8 Å². The molecule has 3 nitrogen and oxygen atoms in total. The zero-order chi connectivity index (χ0) is 12.2.